The highest BCUT2D eigenvalue weighted by molar-refractivity contribution is 8.00. The minimum Gasteiger partial charge on any atom is -0.481 e. The highest BCUT2D eigenvalue weighted by atomic mass is 32.2. The third-order valence-corrected chi connectivity index (χ3v) is 28.6. The number of carboxylic acid groups (broad SMARTS) is 3. The van der Waals surface area contributed by atoms with Gasteiger partial charge in [0.2, 0.25) is 0 Å². The molecule has 0 saturated carbocycles. The zero-order valence-corrected chi connectivity index (χ0v) is 69.8. The molecule has 0 aliphatic carbocycles. The van der Waals surface area contributed by atoms with Crippen LogP contribution in [0.1, 0.15) is 60.3 Å². The van der Waals surface area contributed by atoms with Crippen LogP contribution < -0.4 is 0 Å². The average Bonchev–Trinajstić information content (AvgIpc) is 0.773. The molecule has 0 spiro atoms. The van der Waals surface area contributed by atoms with Crippen LogP contribution in [0.15, 0.2) is 0 Å². The van der Waals surface area contributed by atoms with E-state index in [0.717, 1.165) is 35.3 Å². The Morgan fingerprint density at radius 1 is 0.211 bits per heavy atom. The van der Waals surface area contributed by atoms with Gasteiger partial charge in [-0.2, -0.15) is 94.1 Å². The molecule has 26 rings (SSSR count). The fourth-order valence-electron chi connectivity index (χ4n) is 14.2. The zero-order chi connectivity index (χ0) is 82.9. The van der Waals surface area contributed by atoms with Gasteiger partial charge in [-0.05, 0) is 35.2 Å². The van der Waals surface area contributed by atoms with E-state index in [1.807, 2.05) is 27.7 Å². The van der Waals surface area contributed by atoms with E-state index < -0.39 is 264 Å². The summed E-state index contributed by atoms with van der Waals surface area (Å²) in [6.45, 7) is 9.19. The number of thioether (sulfide) groups is 8. The van der Waals surface area contributed by atoms with Crippen molar-refractivity contribution in [1.82, 2.24) is 0 Å². The van der Waals surface area contributed by atoms with Crippen molar-refractivity contribution in [2.45, 2.75) is 306 Å². The number of hydrogen-bond donors (Lipinski definition) is 19. The fraction of sp³-hybridized carbons (Fsp3) is 0.956. The van der Waals surface area contributed by atoms with Crippen molar-refractivity contribution < 1.29 is 187 Å². The van der Waals surface area contributed by atoms with Gasteiger partial charge in [0.25, 0.3) is 0 Å². The molecule has 26 aliphatic rings. The van der Waals surface area contributed by atoms with Crippen LogP contribution in [-0.2, 0) is 90.2 Å². The lowest BCUT2D eigenvalue weighted by Gasteiger charge is -2.50. The predicted octanol–water partition coefficient (Wildman–Crippen LogP) is -4.57. The van der Waals surface area contributed by atoms with Crippen LogP contribution in [0.5, 0.6) is 0 Å². The molecule has 26 heterocycles. The topological polar surface area (TPSA) is 583 Å². The number of ether oxygens (including phenoxy) is 16. The zero-order valence-electron chi connectivity index (χ0n) is 63.3. The van der Waals surface area contributed by atoms with Crippen LogP contribution in [0.4, 0.5) is 0 Å². The van der Waals surface area contributed by atoms with Crippen molar-refractivity contribution in [3.8, 4) is 0 Å². The van der Waals surface area contributed by atoms with Gasteiger partial charge in [0, 0.05) is 63.3 Å². The quantitative estimate of drug-likeness (QED) is 0.0291. The molecule has 0 amide bonds. The van der Waals surface area contributed by atoms with Crippen LogP contribution in [0.2, 0.25) is 0 Å². The van der Waals surface area contributed by atoms with Gasteiger partial charge in [-0.15, -0.1) is 0 Å². The number of carboxylic acids is 3. The molecule has 16 bridgehead atoms. The summed E-state index contributed by atoms with van der Waals surface area (Å²) in [6, 6.07) is 0. The first-order valence-electron chi connectivity index (χ1n) is 38.1. The Hall–Kier alpha value is -0.0700. The van der Waals surface area contributed by atoms with Crippen LogP contribution >= 0.6 is 94.1 Å². The molecule has 114 heavy (non-hydrogen) atoms. The van der Waals surface area contributed by atoms with Gasteiger partial charge in [0.1, 0.15) is 146 Å². The number of aliphatic hydroxyl groups is 16. The highest BCUT2D eigenvalue weighted by Gasteiger charge is 2.61. The molecule has 40 atom stereocenters. The van der Waals surface area contributed by atoms with E-state index in [0.29, 0.717) is 35.2 Å². The lowest BCUT2D eigenvalue weighted by atomic mass is 9.95. The van der Waals surface area contributed by atoms with Gasteiger partial charge < -0.3 is 173 Å². The van der Waals surface area contributed by atoms with Crippen molar-refractivity contribution in [1.29, 1.82) is 0 Å². The Bertz CT molecular complexity index is 2860. The molecule has 0 aromatic carbocycles. The molecule has 26 aliphatic heterocycles. The van der Waals surface area contributed by atoms with Gasteiger partial charge >= 0.3 is 17.9 Å². The van der Waals surface area contributed by atoms with Crippen LogP contribution in [-0.4, -0.2) is 453 Å². The number of carbonyl (C=O) groups is 3. The van der Waals surface area contributed by atoms with Crippen molar-refractivity contribution >= 4 is 112 Å². The lowest BCUT2D eigenvalue weighted by Crippen LogP contribution is -2.68. The van der Waals surface area contributed by atoms with Gasteiger partial charge in [-0.25, -0.2) is 0 Å². The molecular weight excluding hydrogens is 1680 g/mol. The van der Waals surface area contributed by atoms with E-state index in [1.54, 1.807) is 6.92 Å². The van der Waals surface area contributed by atoms with Crippen LogP contribution in [0, 0.1) is 0 Å². The van der Waals surface area contributed by atoms with E-state index in [2.05, 4.69) is 0 Å². The molecule has 38 nitrogen and oxygen atoms in total. The first-order valence-corrected chi connectivity index (χ1v) is 47.3. The Balaban J connectivity index is 1.09. The lowest BCUT2D eigenvalue weighted by molar-refractivity contribution is -0.392. The Morgan fingerprint density at radius 2 is 0.386 bits per heavy atom. The number of aliphatic carboxylic acids is 3. The molecule has 16 unspecified atom stereocenters. The van der Waals surface area contributed by atoms with Gasteiger partial charge in [-0.1, -0.05) is 34.6 Å². The Kier molecular flexibility index (Phi) is 40.6. The van der Waals surface area contributed by atoms with Gasteiger partial charge in [0.15, 0.2) is 50.3 Å². The van der Waals surface area contributed by atoms with E-state index >= 15 is 0 Å². The average molecular weight is 1800 g/mol. The molecule has 26 saturated heterocycles. The minimum absolute atomic E-state index is 0.00298. The maximum Gasteiger partial charge on any atom is 0.304 e. The molecule has 0 aromatic heterocycles. The summed E-state index contributed by atoms with van der Waals surface area (Å²) in [7, 11) is 0. The first-order chi connectivity index (χ1) is 54.5. The number of hydrogen-bond acceptors (Lipinski definition) is 43. The predicted molar refractivity (Wildman–Crippen MR) is 413 cm³/mol. The van der Waals surface area contributed by atoms with Crippen molar-refractivity contribution in [2.75, 3.05) is 92.0 Å². The number of aliphatic hydroxyl groups excluding tert-OH is 16. The van der Waals surface area contributed by atoms with E-state index in [9.17, 15) is 111 Å². The summed E-state index contributed by atoms with van der Waals surface area (Å²) >= 11 is 9.46. The van der Waals surface area contributed by atoms with E-state index in [4.69, 9.17) is 75.8 Å². The molecule has 0 aromatic rings. The van der Waals surface area contributed by atoms with E-state index in [1.165, 1.54) is 58.8 Å². The second-order valence-corrected chi connectivity index (χ2v) is 38.2. The Labute approximate surface area is 693 Å². The van der Waals surface area contributed by atoms with Crippen molar-refractivity contribution in [2.24, 2.45) is 0 Å². The second-order valence-electron chi connectivity index (χ2n) is 28.4. The second kappa shape index (κ2) is 47.3. The van der Waals surface area contributed by atoms with Crippen LogP contribution in [0.3, 0.4) is 0 Å². The molecular formula is C68H114O38S8. The SMILES string of the molecule is CCCSCC1O[C@@H]2O[C@@H]3C(CSCCC(=O)O)O[C@H](O[C@@H]4C(CSCCC(=O)O)O[C@H](O[C@@H]5C(CSCCC(=O)O)OC(O[C@@H]6C(CSCC)O[C@H](O[C@@H]7C(O)[C@@H](OC(CSCC)[C@H]7O)O[C@@H]7C(CSCC)O[C@H](O[C@@H]8C(CSCC)O[C@H](O[C@H]1[C@H](O)C2O)C(O)[C@H]8O)C(O)[C@H]7O)C(O)[C@H]6O)[C@@H](O)[C@H]5O)C(O)[C@H]4O)C(O)[C@H]3O. The van der Waals surface area contributed by atoms with Gasteiger partial charge in [-0.3, -0.25) is 14.4 Å². The third-order valence-electron chi connectivity index (χ3n) is 20.3. The normalized spacial score (nSPS) is 45.3. The molecule has 0 radical (unpaired) electrons. The maximum atomic E-state index is 12.3. The van der Waals surface area contributed by atoms with E-state index in [-0.39, 0.29) is 82.5 Å². The summed E-state index contributed by atoms with van der Waals surface area (Å²) in [4.78, 5) is 35.2. The van der Waals surface area contributed by atoms with Crippen molar-refractivity contribution in [3.63, 3.8) is 0 Å². The molecule has 46 heteroatoms. The fourth-order valence-corrected chi connectivity index (χ4v) is 21.0. The van der Waals surface area contributed by atoms with Gasteiger partial charge in [0.05, 0.1) is 68.1 Å². The molecule has 19 N–H and O–H groups in total. The smallest absolute Gasteiger partial charge is 0.304 e. The molecule has 662 valence electrons. The summed E-state index contributed by atoms with van der Waals surface area (Å²) in [5.74, 6) is -2.02. The standard InChI is InChI=1S/C68H114O38S8/c1-6-14-111-22-30-56-40(78)47(85)63(95-30)102-57-32(24-113-16-12-35(71)72)97-65(49(87)42(57)80)104-59-33(25-114-17-13-36(73)74)98-66(50(88)43(59)81)103-58-31(23-112-15-11-34(69)70)96-64(48(86)41(58)79)100-54-28(20-109-9-4)94-67(51(89)44(54)82)106-60-37(75)26(18-107-7-2)91-68(52(60)90)105-55-29(21-110-10-5)93-61(46(84)39(55)77)99-53-27(19-108-8-3)92-62(101-56)45(83)38(53)76/h26-33,37-68,75-90H,6-25H2,1-5H3,(H,69,70)(H,71,72)(H,73,74)/t26?,27?,28?,29?,30?,31?,32?,33?,37-,38-,39-,40-,41-,42-,43-,44-,45?,46?,47?,48+,49?,50?,51?,52?,53-,54-,55-,56-,57-,58-,59-,60+,61-,62-,63-,64?,65-,66-,67-,68+/m1/s1. The summed E-state index contributed by atoms with van der Waals surface area (Å²) < 4.78 is 102. The maximum absolute atomic E-state index is 12.3. The molecule has 26 fully saturated rings. The summed E-state index contributed by atoms with van der Waals surface area (Å²) in [5.41, 5.74) is 0. The highest BCUT2D eigenvalue weighted by Crippen LogP contribution is 2.43. The number of rotatable bonds is 31. The first kappa shape index (κ1) is 97.7. The summed E-state index contributed by atoms with van der Waals surface area (Å²) in [5, 5.41) is 223. The minimum atomic E-state index is -2.20. The summed E-state index contributed by atoms with van der Waals surface area (Å²) in [6.07, 6.45) is -73.0. The van der Waals surface area contributed by atoms with Crippen molar-refractivity contribution in [3.05, 3.63) is 0 Å². The largest absolute Gasteiger partial charge is 0.481 e. The van der Waals surface area contributed by atoms with Crippen LogP contribution in [0.25, 0.3) is 0 Å². The third kappa shape index (κ3) is 25.2. The Morgan fingerprint density at radius 3 is 0.588 bits per heavy atom. The monoisotopic (exact) mass is 1790 g/mol.